The van der Waals surface area contributed by atoms with E-state index >= 15 is 0 Å². The fraction of sp³-hybridized carbons (Fsp3) is 0.389. The second-order valence-electron chi connectivity index (χ2n) is 5.76. The van der Waals surface area contributed by atoms with Gasteiger partial charge in [-0.1, -0.05) is 29.8 Å². The Labute approximate surface area is 142 Å². The fourth-order valence-electron chi connectivity index (χ4n) is 2.87. The number of benzene rings is 1. The molecule has 2 aromatic rings. The minimum Gasteiger partial charge on any atom is -0.379 e. The Bertz CT molecular complexity index is 626. The van der Waals surface area contributed by atoms with Gasteiger partial charge in [-0.25, -0.2) is 4.98 Å². The maximum absolute atomic E-state index is 6.03. The molecule has 0 aliphatic carbocycles. The first kappa shape index (κ1) is 16.2. The quantitative estimate of drug-likeness (QED) is 0.909. The van der Waals surface area contributed by atoms with Crippen LogP contribution in [0.15, 0.2) is 42.5 Å². The number of nitrogens with zero attached hydrogens (tertiary/aromatic N) is 2. The second kappa shape index (κ2) is 7.77. The lowest BCUT2D eigenvalue weighted by atomic mass is 10.0. The van der Waals surface area contributed by atoms with Crippen molar-refractivity contribution in [3.05, 3.63) is 58.7 Å². The van der Waals surface area contributed by atoms with Crippen LogP contribution in [0.1, 0.15) is 17.3 Å². The number of halogens is 1. The summed E-state index contributed by atoms with van der Waals surface area (Å²) in [6, 6.07) is 14.4. The van der Waals surface area contributed by atoms with Crippen LogP contribution in [0, 0.1) is 6.92 Å². The van der Waals surface area contributed by atoms with E-state index in [-0.39, 0.29) is 6.04 Å². The lowest BCUT2D eigenvalue weighted by Crippen LogP contribution is -2.41. The molecule has 4 nitrogen and oxygen atoms in total. The highest BCUT2D eigenvalue weighted by molar-refractivity contribution is 6.30. The number of pyridine rings is 1. The molecule has 0 amide bonds. The smallest absolute Gasteiger partial charge is 0.126 e. The van der Waals surface area contributed by atoms with Crippen LogP contribution >= 0.6 is 11.6 Å². The van der Waals surface area contributed by atoms with Gasteiger partial charge in [0.15, 0.2) is 0 Å². The summed E-state index contributed by atoms with van der Waals surface area (Å²) >= 11 is 6.03. The van der Waals surface area contributed by atoms with Gasteiger partial charge in [0, 0.05) is 30.4 Å². The van der Waals surface area contributed by atoms with Crippen molar-refractivity contribution in [1.82, 2.24) is 9.88 Å². The molecule has 1 atom stereocenters. The Kier molecular flexibility index (Phi) is 5.49. The van der Waals surface area contributed by atoms with Crippen LogP contribution < -0.4 is 5.32 Å². The van der Waals surface area contributed by atoms with Gasteiger partial charge in [-0.05, 0) is 36.8 Å². The lowest BCUT2D eigenvalue weighted by Gasteiger charge is -2.35. The van der Waals surface area contributed by atoms with Crippen LogP contribution in [-0.2, 0) is 4.74 Å². The van der Waals surface area contributed by atoms with E-state index in [2.05, 4.69) is 27.3 Å². The largest absolute Gasteiger partial charge is 0.379 e. The molecule has 1 unspecified atom stereocenters. The van der Waals surface area contributed by atoms with Gasteiger partial charge in [-0.15, -0.1) is 0 Å². The molecule has 0 spiro atoms. The van der Waals surface area contributed by atoms with Crippen molar-refractivity contribution < 1.29 is 4.74 Å². The van der Waals surface area contributed by atoms with Gasteiger partial charge in [0.2, 0.25) is 0 Å². The van der Waals surface area contributed by atoms with E-state index in [1.54, 1.807) is 0 Å². The molecular weight excluding hydrogens is 310 g/mol. The molecule has 122 valence electrons. The molecule has 2 heterocycles. The Morgan fingerprint density at radius 2 is 1.91 bits per heavy atom. The molecule has 23 heavy (non-hydrogen) atoms. The van der Waals surface area contributed by atoms with Crippen LogP contribution in [0.5, 0.6) is 0 Å². The first-order chi connectivity index (χ1) is 11.2. The third-order valence-electron chi connectivity index (χ3n) is 4.11. The van der Waals surface area contributed by atoms with Gasteiger partial charge in [0.25, 0.3) is 0 Å². The van der Waals surface area contributed by atoms with E-state index in [1.807, 2.05) is 37.3 Å². The molecule has 5 heteroatoms. The molecule has 3 rings (SSSR count). The molecule has 1 aromatic carbocycles. The van der Waals surface area contributed by atoms with Crippen molar-refractivity contribution in [2.45, 2.75) is 13.0 Å². The van der Waals surface area contributed by atoms with Crippen molar-refractivity contribution >= 4 is 17.4 Å². The predicted octanol–water partition coefficient (Wildman–Crippen LogP) is 3.53. The van der Waals surface area contributed by atoms with Gasteiger partial charge in [-0.2, -0.15) is 0 Å². The number of hydrogen-bond acceptors (Lipinski definition) is 4. The SMILES string of the molecule is Cc1cccc(NCC(c2ccc(Cl)cc2)N2CCOCC2)n1. The van der Waals surface area contributed by atoms with E-state index in [9.17, 15) is 0 Å². The van der Waals surface area contributed by atoms with Crippen LogP contribution in [0.4, 0.5) is 5.82 Å². The topological polar surface area (TPSA) is 37.4 Å². The zero-order chi connectivity index (χ0) is 16.1. The number of nitrogens with one attached hydrogen (secondary N) is 1. The number of aryl methyl sites for hydroxylation is 1. The maximum atomic E-state index is 6.03. The van der Waals surface area contributed by atoms with Crippen LogP contribution in [0.3, 0.4) is 0 Å². The summed E-state index contributed by atoms with van der Waals surface area (Å²) in [5.74, 6) is 0.914. The van der Waals surface area contributed by atoms with E-state index in [0.29, 0.717) is 0 Å². The van der Waals surface area contributed by atoms with Crippen LogP contribution in [-0.4, -0.2) is 42.7 Å². The van der Waals surface area contributed by atoms with Gasteiger partial charge in [-0.3, -0.25) is 4.90 Å². The summed E-state index contributed by atoms with van der Waals surface area (Å²) in [6.07, 6.45) is 0. The van der Waals surface area contributed by atoms with Crippen molar-refractivity contribution in [3.8, 4) is 0 Å². The summed E-state index contributed by atoms with van der Waals surface area (Å²) in [4.78, 5) is 6.98. The molecule has 1 aliphatic heterocycles. The van der Waals surface area contributed by atoms with Crippen LogP contribution in [0.2, 0.25) is 5.02 Å². The van der Waals surface area contributed by atoms with Crippen molar-refractivity contribution in [2.75, 3.05) is 38.2 Å². The predicted molar refractivity (Wildman–Crippen MR) is 94.0 cm³/mol. The van der Waals surface area contributed by atoms with Gasteiger partial charge in [0.1, 0.15) is 5.82 Å². The zero-order valence-corrected chi connectivity index (χ0v) is 14.1. The molecule has 1 fully saturated rings. The molecule has 1 N–H and O–H groups in total. The summed E-state index contributed by atoms with van der Waals surface area (Å²) in [6.45, 7) is 6.26. The Morgan fingerprint density at radius 1 is 1.17 bits per heavy atom. The highest BCUT2D eigenvalue weighted by atomic mass is 35.5. The monoisotopic (exact) mass is 331 g/mol. The Balaban J connectivity index is 1.75. The number of rotatable bonds is 5. The number of morpholine rings is 1. The van der Waals surface area contributed by atoms with E-state index in [4.69, 9.17) is 16.3 Å². The summed E-state index contributed by atoms with van der Waals surface area (Å²) in [5, 5.41) is 4.24. The molecule has 1 aliphatic rings. The number of anilines is 1. The third-order valence-corrected chi connectivity index (χ3v) is 4.36. The highest BCUT2D eigenvalue weighted by Gasteiger charge is 2.22. The number of aromatic nitrogens is 1. The standard InChI is InChI=1S/C18H22ClN3O/c1-14-3-2-4-18(21-14)20-13-17(22-9-11-23-12-10-22)15-5-7-16(19)8-6-15/h2-8,17H,9-13H2,1H3,(H,20,21). The Morgan fingerprint density at radius 3 is 2.61 bits per heavy atom. The zero-order valence-electron chi connectivity index (χ0n) is 13.3. The molecule has 1 saturated heterocycles. The maximum Gasteiger partial charge on any atom is 0.126 e. The van der Waals surface area contributed by atoms with E-state index < -0.39 is 0 Å². The van der Waals surface area contributed by atoms with E-state index in [1.165, 1.54) is 5.56 Å². The van der Waals surface area contributed by atoms with E-state index in [0.717, 1.165) is 49.4 Å². The normalized spacial score (nSPS) is 17.0. The van der Waals surface area contributed by atoms with Crippen molar-refractivity contribution in [1.29, 1.82) is 0 Å². The minimum atomic E-state index is 0.276. The lowest BCUT2D eigenvalue weighted by molar-refractivity contribution is 0.0187. The number of hydrogen-bond donors (Lipinski definition) is 1. The van der Waals surface area contributed by atoms with Crippen molar-refractivity contribution in [2.24, 2.45) is 0 Å². The Hall–Kier alpha value is -1.62. The molecule has 0 radical (unpaired) electrons. The first-order valence-corrected chi connectivity index (χ1v) is 8.35. The molecule has 0 saturated carbocycles. The first-order valence-electron chi connectivity index (χ1n) is 7.97. The van der Waals surface area contributed by atoms with Gasteiger partial charge in [0.05, 0.1) is 19.3 Å². The summed E-state index contributed by atoms with van der Waals surface area (Å²) in [7, 11) is 0. The second-order valence-corrected chi connectivity index (χ2v) is 6.20. The molecular formula is C18H22ClN3O. The molecule has 0 bridgehead atoms. The third kappa shape index (κ3) is 4.44. The van der Waals surface area contributed by atoms with Gasteiger partial charge < -0.3 is 10.1 Å². The minimum absolute atomic E-state index is 0.276. The molecule has 1 aromatic heterocycles. The highest BCUT2D eigenvalue weighted by Crippen LogP contribution is 2.24. The fourth-order valence-corrected chi connectivity index (χ4v) is 3.00. The van der Waals surface area contributed by atoms with Gasteiger partial charge >= 0.3 is 0 Å². The average molecular weight is 332 g/mol. The summed E-state index contributed by atoms with van der Waals surface area (Å²) < 4.78 is 5.49. The number of ether oxygens (including phenoxy) is 1. The summed E-state index contributed by atoms with van der Waals surface area (Å²) in [5.41, 5.74) is 2.28. The van der Waals surface area contributed by atoms with Crippen LogP contribution in [0.25, 0.3) is 0 Å². The average Bonchev–Trinajstić information content (AvgIpc) is 2.58. The van der Waals surface area contributed by atoms with Crippen molar-refractivity contribution in [3.63, 3.8) is 0 Å².